The van der Waals surface area contributed by atoms with Crippen LogP contribution in [-0.2, 0) is 14.8 Å². The molecule has 7 heteroatoms. The Bertz CT molecular complexity index is 812. The van der Waals surface area contributed by atoms with Crippen LogP contribution < -0.4 is 5.32 Å². The number of para-hydroxylation sites is 1. The van der Waals surface area contributed by atoms with Crippen molar-refractivity contribution in [3.8, 4) is 0 Å². The highest BCUT2D eigenvalue weighted by Crippen LogP contribution is 2.27. The van der Waals surface area contributed by atoms with Crippen molar-refractivity contribution >= 4 is 33.0 Å². The molecule has 0 atom stereocenters. The Balaban J connectivity index is 2.15. The standard InChI is InChI=1S/C17H22N2O3S2/c1-12(2)14-8-5-7-13(3)17(14)18-15(20)11-19(4)24(21,22)16-9-6-10-23-16/h5-10,12H,11H2,1-4H3,(H,18,20). The first-order valence-electron chi connectivity index (χ1n) is 7.62. The molecule has 0 aliphatic carbocycles. The fraction of sp³-hybridized carbons (Fsp3) is 0.353. The molecule has 130 valence electrons. The summed E-state index contributed by atoms with van der Waals surface area (Å²) in [6, 6.07) is 9.06. The van der Waals surface area contributed by atoms with Gasteiger partial charge >= 0.3 is 0 Å². The highest BCUT2D eigenvalue weighted by atomic mass is 32.2. The second kappa shape index (κ2) is 7.46. The van der Waals surface area contributed by atoms with Crippen LogP contribution in [0.2, 0.25) is 0 Å². The molecule has 0 aliphatic rings. The topological polar surface area (TPSA) is 66.5 Å². The van der Waals surface area contributed by atoms with Crippen LogP contribution in [0.5, 0.6) is 0 Å². The van der Waals surface area contributed by atoms with E-state index in [0.717, 1.165) is 32.5 Å². The highest BCUT2D eigenvalue weighted by Gasteiger charge is 2.24. The maximum absolute atomic E-state index is 12.4. The van der Waals surface area contributed by atoms with Gasteiger partial charge < -0.3 is 5.32 Å². The third kappa shape index (κ3) is 4.03. The first-order chi connectivity index (χ1) is 11.2. The van der Waals surface area contributed by atoms with Crippen LogP contribution in [-0.4, -0.2) is 32.2 Å². The third-order valence-corrected chi connectivity index (χ3v) is 6.89. The number of benzene rings is 1. The summed E-state index contributed by atoms with van der Waals surface area (Å²) in [6.07, 6.45) is 0. The number of carbonyl (C=O) groups excluding carboxylic acids is 1. The minimum Gasteiger partial charge on any atom is -0.324 e. The summed E-state index contributed by atoms with van der Waals surface area (Å²) in [5.41, 5.74) is 2.75. The summed E-state index contributed by atoms with van der Waals surface area (Å²) < 4.78 is 26.1. The molecule has 1 aromatic carbocycles. The zero-order chi connectivity index (χ0) is 17.9. The van der Waals surface area contributed by atoms with E-state index in [2.05, 4.69) is 19.2 Å². The van der Waals surface area contributed by atoms with Crippen LogP contribution >= 0.6 is 11.3 Å². The quantitative estimate of drug-likeness (QED) is 0.852. The second-order valence-corrected chi connectivity index (χ2v) is 9.15. The number of sulfonamides is 1. The monoisotopic (exact) mass is 366 g/mol. The number of carbonyl (C=O) groups is 1. The Morgan fingerprint density at radius 3 is 2.54 bits per heavy atom. The van der Waals surface area contributed by atoms with Gasteiger partial charge in [-0.3, -0.25) is 4.79 Å². The zero-order valence-electron chi connectivity index (χ0n) is 14.2. The zero-order valence-corrected chi connectivity index (χ0v) is 15.9. The van der Waals surface area contributed by atoms with Crippen molar-refractivity contribution in [2.75, 3.05) is 18.9 Å². The van der Waals surface area contributed by atoms with Crippen molar-refractivity contribution in [1.82, 2.24) is 4.31 Å². The largest absolute Gasteiger partial charge is 0.324 e. The van der Waals surface area contributed by atoms with Gasteiger partial charge in [0.05, 0.1) is 6.54 Å². The Morgan fingerprint density at radius 1 is 1.25 bits per heavy atom. The Morgan fingerprint density at radius 2 is 1.96 bits per heavy atom. The average Bonchev–Trinajstić information content (AvgIpc) is 3.03. The van der Waals surface area contributed by atoms with Gasteiger partial charge in [0.25, 0.3) is 10.0 Å². The maximum atomic E-state index is 12.4. The number of nitrogens with zero attached hydrogens (tertiary/aromatic N) is 1. The van der Waals surface area contributed by atoms with Crippen LogP contribution in [0.15, 0.2) is 39.9 Å². The number of hydrogen-bond donors (Lipinski definition) is 1. The van der Waals surface area contributed by atoms with E-state index < -0.39 is 10.0 Å². The lowest BCUT2D eigenvalue weighted by Gasteiger charge is -2.19. The van der Waals surface area contributed by atoms with Crippen molar-refractivity contribution in [2.45, 2.75) is 30.9 Å². The molecule has 1 aromatic heterocycles. The van der Waals surface area contributed by atoms with Crippen LogP contribution in [0.3, 0.4) is 0 Å². The number of hydrogen-bond acceptors (Lipinski definition) is 4. The van der Waals surface area contributed by atoms with E-state index in [0.29, 0.717) is 0 Å². The molecular weight excluding hydrogens is 344 g/mol. The van der Waals surface area contributed by atoms with E-state index in [9.17, 15) is 13.2 Å². The Kier molecular flexibility index (Phi) is 5.79. The Labute approximate surface area is 147 Å². The van der Waals surface area contributed by atoms with Gasteiger partial charge in [0.15, 0.2) is 0 Å². The van der Waals surface area contributed by atoms with Crippen LogP contribution in [0, 0.1) is 6.92 Å². The number of likely N-dealkylation sites (N-methyl/N-ethyl adjacent to an activating group) is 1. The van der Waals surface area contributed by atoms with E-state index in [4.69, 9.17) is 0 Å². The first-order valence-corrected chi connectivity index (χ1v) is 9.94. The molecule has 1 amide bonds. The molecule has 0 spiro atoms. The summed E-state index contributed by atoms with van der Waals surface area (Å²) in [5, 5.41) is 4.56. The average molecular weight is 367 g/mol. The molecular formula is C17H22N2O3S2. The van der Waals surface area contributed by atoms with E-state index in [1.54, 1.807) is 11.4 Å². The smallest absolute Gasteiger partial charge is 0.252 e. The number of rotatable bonds is 6. The SMILES string of the molecule is Cc1cccc(C(C)C)c1NC(=O)CN(C)S(=O)(=O)c1cccs1. The minimum absolute atomic E-state index is 0.230. The lowest BCUT2D eigenvalue weighted by molar-refractivity contribution is -0.116. The van der Waals surface area contributed by atoms with Crippen LogP contribution in [0.4, 0.5) is 5.69 Å². The van der Waals surface area contributed by atoms with E-state index in [-0.39, 0.29) is 22.6 Å². The van der Waals surface area contributed by atoms with Crippen molar-refractivity contribution in [3.05, 3.63) is 46.8 Å². The van der Waals surface area contributed by atoms with Crippen LogP contribution in [0.25, 0.3) is 0 Å². The van der Waals surface area contributed by atoms with Gasteiger partial charge in [-0.25, -0.2) is 8.42 Å². The van der Waals surface area contributed by atoms with Gasteiger partial charge in [-0.05, 0) is 35.4 Å². The van der Waals surface area contributed by atoms with Gasteiger partial charge in [-0.2, -0.15) is 4.31 Å². The molecule has 5 nitrogen and oxygen atoms in total. The maximum Gasteiger partial charge on any atom is 0.252 e. The third-order valence-electron chi connectivity index (χ3n) is 3.72. The Hall–Kier alpha value is -1.70. The minimum atomic E-state index is -3.63. The molecule has 1 heterocycles. The fourth-order valence-corrected chi connectivity index (χ4v) is 4.70. The van der Waals surface area contributed by atoms with Crippen molar-refractivity contribution in [2.24, 2.45) is 0 Å². The van der Waals surface area contributed by atoms with Crippen molar-refractivity contribution in [1.29, 1.82) is 0 Å². The normalized spacial score (nSPS) is 11.9. The molecule has 0 fully saturated rings. The predicted molar refractivity (Wildman–Crippen MR) is 98.0 cm³/mol. The van der Waals surface area contributed by atoms with Gasteiger partial charge in [0.1, 0.15) is 4.21 Å². The van der Waals surface area contributed by atoms with E-state index in [1.165, 1.54) is 13.1 Å². The summed E-state index contributed by atoms with van der Waals surface area (Å²) in [6.45, 7) is 5.80. The molecule has 2 rings (SSSR count). The van der Waals surface area contributed by atoms with Crippen LogP contribution in [0.1, 0.15) is 30.9 Å². The second-order valence-electron chi connectivity index (χ2n) is 5.94. The number of amides is 1. The predicted octanol–water partition coefficient (Wildman–Crippen LogP) is 3.44. The van der Waals surface area contributed by atoms with E-state index in [1.807, 2.05) is 25.1 Å². The molecule has 24 heavy (non-hydrogen) atoms. The van der Waals surface area contributed by atoms with Gasteiger partial charge in [-0.15, -0.1) is 11.3 Å². The lowest BCUT2D eigenvalue weighted by atomic mass is 9.98. The number of thiophene rings is 1. The van der Waals surface area contributed by atoms with Gasteiger partial charge in [0.2, 0.25) is 5.91 Å². The van der Waals surface area contributed by atoms with Gasteiger partial charge in [-0.1, -0.05) is 38.1 Å². The molecule has 0 radical (unpaired) electrons. The molecule has 1 N–H and O–H groups in total. The van der Waals surface area contributed by atoms with Gasteiger partial charge in [0, 0.05) is 12.7 Å². The summed E-state index contributed by atoms with van der Waals surface area (Å²) in [5.74, 6) is -0.0957. The molecule has 0 bridgehead atoms. The molecule has 0 unspecified atom stereocenters. The molecule has 0 aliphatic heterocycles. The van der Waals surface area contributed by atoms with Crippen molar-refractivity contribution < 1.29 is 13.2 Å². The number of nitrogens with one attached hydrogen (secondary N) is 1. The summed E-state index contributed by atoms with van der Waals surface area (Å²) >= 11 is 1.14. The molecule has 0 saturated heterocycles. The highest BCUT2D eigenvalue weighted by molar-refractivity contribution is 7.91. The molecule has 2 aromatic rings. The fourth-order valence-electron chi connectivity index (χ4n) is 2.37. The number of aryl methyl sites for hydroxylation is 1. The lowest BCUT2D eigenvalue weighted by Crippen LogP contribution is -2.34. The first kappa shape index (κ1) is 18.6. The van der Waals surface area contributed by atoms with E-state index >= 15 is 0 Å². The summed E-state index contributed by atoms with van der Waals surface area (Å²) in [7, 11) is -2.22. The summed E-state index contributed by atoms with van der Waals surface area (Å²) in [4.78, 5) is 12.4. The van der Waals surface area contributed by atoms with Crippen molar-refractivity contribution in [3.63, 3.8) is 0 Å². The number of anilines is 1. The molecule has 0 saturated carbocycles.